The van der Waals surface area contributed by atoms with E-state index in [4.69, 9.17) is 0 Å². The summed E-state index contributed by atoms with van der Waals surface area (Å²) >= 11 is 3.56. The van der Waals surface area contributed by atoms with Crippen molar-refractivity contribution >= 4 is 26.8 Å². The van der Waals surface area contributed by atoms with Gasteiger partial charge < -0.3 is 0 Å². The maximum atomic E-state index is 3.56. The van der Waals surface area contributed by atoms with Gasteiger partial charge in [0.2, 0.25) is 0 Å². The minimum absolute atomic E-state index is 0.449. The van der Waals surface area contributed by atoms with E-state index >= 15 is 0 Å². The Kier molecular flexibility index (Phi) is 4.16. The molecule has 1 atom stereocenters. The van der Waals surface area contributed by atoms with Crippen molar-refractivity contribution in [3.05, 3.63) is 35.9 Å². The molecule has 0 fully saturated rings. The fourth-order valence-corrected chi connectivity index (χ4v) is 4.07. The minimum Gasteiger partial charge on any atom is -0.0870 e. The van der Waals surface area contributed by atoms with Gasteiger partial charge in [-0.3, -0.25) is 0 Å². The molecule has 1 rings (SSSR count). The third-order valence-corrected chi connectivity index (χ3v) is 4.53. The third kappa shape index (κ3) is 2.53. The van der Waals surface area contributed by atoms with Gasteiger partial charge in [-0.05, 0) is 10.9 Å². The summed E-state index contributed by atoms with van der Waals surface area (Å²) in [7, 11) is 0.449. The first kappa shape index (κ1) is 10.1. The summed E-state index contributed by atoms with van der Waals surface area (Å²) in [5, 5.41) is 1.74. The summed E-state index contributed by atoms with van der Waals surface area (Å²) in [5.74, 6) is 0. The molecular formula is C10H14BrS+. The molecule has 0 bridgehead atoms. The second-order valence-corrected chi connectivity index (χ2v) is 5.91. The van der Waals surface area contributed by atoms with Gasteiger partial charge in [0, 0.05) is 5.56 Å². The van der Waals surface area contributed by atoms with Crippen LogP contribution in [0.4, 0.5) is 0 Å². The van der Waals surface area contributed by atoms with Gasteiger partial charge in [0.25, 0.3) is 0 Å². The molecule has 1 aromatic carbocycles. The van der Waals surface area contributed by atoms with Crippen LogP contribution >= 0.6 is 15.9 Å². The molecule has 0 nitrogen and oxygen atoms in total. The van der Waals surface area contributed by atoms with Crippen molar-refractivity contribution in [3.8, 4) is 0 Å². The maximum Gasteiger partial charge on any atom is 0.152 e. The van der Waals surface area contributed by atoms with Gasteiger partial charge in [-0.25, -0.2) is 0 Å². The van der Waals surface area contributed by atoms with Crippen LogP contribution in [-0.4, -0.2) is 17.8 Å². The van der Waals surface area contributed by atoms with E-state index in [1.165, 1.54) is 5.56 Å². The highest BCUT2D eigenvalue weighted by atomic mass is 79.9. The number of halogens is 1. The molecule has 0 radical (unpaired) electrons. The molecule has 12 heavy (non-hydrogen) atoms. The highest BCUT2D eigenvalue weighted by molar-refractivity contribution is 9.09. The zero-order chi connectivity index (χ0) is 8.97. The first-order valence-electron chi connectivity index (χ1n) is 3.93. The zero-order valence-electron chi connectivity index (χ0n) is 7.46. The molecule has 0 aliphatic heterocycles. The fourth-order valence-electron chi connectivity index (χ4n) is 1.15. The topological polar surface area (TPSA) is 0 Å². The van der Waals surface area contributed by atoms with Crippen LogP contribution < -0.4 is 0 Å². The zero-order valence-corrected chi connectivity index (χ0v) is 9.86. The van der Waals surface area contributed by atoms with Crippen molar-refractivity contribution < 1.29 is 0 Å². The summed E-state index contributed by atoms with van der Waals surface area (Å²) in [6.07, 6.45) is 4.58. The standard InChI is InChI=1S/C10H14BrS/c1-12(2)10(8-11)9-6-4-3-5-7-9/h3-7,10H,8H2,1-2H3/q+1. The second kappa shape index (κ2) is 4.93. The van der Waals surface area contributed by atoms with Crippen LogP contribution in [0.1, 0.15) is 10.8 Å². The van der Waals surface area contributed by atoms with E-state index in [0.29, 0.717) is 16.1 Å². The molecule has 0 saturated heterocycles. The van der Waals surface area contributed by atoms with E-state index in [1.807, 2.05) is 0 Å². The molecule has 0 N–H and O–H groups in total. The molecule has 1 aromatic rings. The lowest BCUT2D eigenvalue weighted by Crippen LogP contribution is -2.11. The highest BCUT2D eigenvalue weighted by Crippen LogP contribution is 2.23. The largest absolute Gasteiger partial charge is 0.152 e. The lowest BCUT2D eigenvalue weighted by Gasteiger charge is -2.10. The summed E-state index contributed by atoms with van der Waals surface area (Å²) in [6, 6.07) is 10.7. The molecule has 0 aromatic heterocycles. The van der Waals surface area contributed by atoms with Crippen LogP contribution in [0.2, 0.25) is 0 Å². The van der Waals surface area contributed by atoms with Crippen LogP contribution in [0.5, 0.6) is 0 Å². The average Bonchev–Trinajstić information content (AvgIpc) is 2.07. The van der Waals surface area contributed by atoms with Crippen molar-refractivity contribution in [3.63, 3.8) is 0 Å². The Morgan fingerprint density at radius 1 is 1.25 bits per heavy atom. The van der Waals surface area contributed by atoms with Gasteiger partial charge in [-0.15, -0.1) is 0 Å². The number of hydrogen-bond donors (Lipinski definition) is 0. The van der Waals surface area contributed by atoms with Crippen molar-refractivity contribution in [2.24, 2.45) is 0 Å². The van der Waals surface area contributed by atoms with E-state index in [2.05, 4.69) is 58.8 Å². The van der Waals surface area contributed by atoms with Crippen LogP contribution in [0.25, 0.3) is 0 Å². The summed E-state index contributed by atoms with van der Waals surface area (Å²) in [5.41, 5.74) is 1.45. The third-order valence-electron chi connectivity index (χ3n) is 1.88. The fraction of sp³-hybridized carbons (Fsp3) is 0.400. The van der Waals surface area contributed by atoms with Gasteiger partial charge in [0.15, 0.2) is 5.25 Å². The average molecular weight is 246 g/mol. The van der Waals surface area contributed by atoms with Crippen molar-refractivity contribution in [1.82, 2.24) is 0 Å². The Balaban J connectivity index is 2.80. The quantitative estimate of drug-likeness (QED) is 0.568. The summed E-state index contributed by atoms with van der Waals surface area (Å²) in [4.78, 5) is 0. The Bertz CT molecular complexity index is 221. The molecule has 0 spiro atoms. The Hall–Kier alpha value is 0.0500. The SMILES string of the molecule is C[S+](C)C(CBr)c1ccccc1. The van der Waals surface area contributed by atoms with Gasteiger partial charge >= 0.3 is 0 Å². The van der Waals surface area contributed by atoms with Gasteiger partial charge in [0.1, 0.15) is 0 Å². The molecule has 0 aliphatic carbocycles. The van der Waals surface area contributed by atoms with E-state index in [-0.39, 0.29) is 0 Å². The first-order chi connectivity index (χ1) is 5.75. The molecule has 0 amide bonds. The van der Waals surface area contributed by atoms with E-state index < -0.39 is 0 Å². The lowest BCUT2D eigenvalue weighted by atomic mass is 10.2. The van der Waals surface area contributed by atoms with Gasteiger partial charge in [0.05, 0.1) is 17.8 Å². The molecule has 0 aliphatic rings. The van der Waals surface area contributed by atoms with Crippen LogP contribution in [0.15, 0.2) is 30.3 Å². The number of benzene rings is 1. The molecule has 2 heteroatoms. The van der Waals surface area contributed by atoms with Crippen molar-refractivity contribution in [1.29, 1.82) is 0 Å². The predicted molar refractivity (Wildman–Crippen MR) is 62.2 cm³/mol. The first-order valence-corrected chi connectivity index (χ1v) is 7.15. The minimum atomic E-state index is 0.449. The maximum absolute atomic E-state index is 3.56. The number of alkyl halides is 1. The van der Waals surface area contributed by atoms with Crippen LogP contribution in [0.3, 0.4) is 0 Å². The summed E-state index contributed by atoms with van der Waals surface area (Å²) < 4.78 is 0. The number of hydrogen-bond acceptors (Lipinski definition) is 0. The van der Waals surface area contributed by atoms with Crippen LogP contribution in [0, 0.1) is 0 Å². The van der Waals surface area contributed by atoms with E-state index in [9.17, 15) is 0 Å². The van der Waals surface area contributed by atoms with Gasteiger partial charge in [-0.1, -0.05) is 46.3 Å². The van der Waals surface area contributed by atoms with Crippen molar-refractivity contribution in [2.45, 2.75) is 5.25 Å². The predicted octanol–water partition coefficient (Wildman–Crippen LogP) is 3.00. The van der Waals surface area contributed by atoms with E-state index in [1.54, 1.807) is 0 Å². The number of rotatable bonds is 3. The molecule has 0 heterocycles. The van der Waals surface area contributed by atoms with Gasteiger partial charge in [-0.2, -0.15) is 0 Å². The molecule has 0 saturated carbocycles. The van der Waals surface area contributed by atoms with Crippen molar-refractivity contribution in [2.75, 3.05) is 17.8 Å². The molecule has 1 unspecified atom stereocenters. The second-order valence-electron chi connectivity index (χ2n) is 2.93. The highest BCUT2D eigenvalue weighted by Gasteiger charge is 2.21. The lowest BCUT2D eigenvalue weighted by molar-refractivity contribution is 1.12. The monoisotopic (exact) mass is 245 g/mol. The van der Waals surface area contributed by atoms with E-state index in [0.717, 1.165) is 5.33 Å². The molecule has 66 valence electrons. The Labute approximate surface area is 85.8 Å². The summed E-state index contributed by atoms with van der Waals surface area (Å²) in [6.45, 7) is 0. The normalized spacial score (nSPS) is 13.3. The smallest absolute Gasteiger partial charge is 0.0870 e. The Morgan fingerprint density at radius 3 is 2.25 bits per heavy atom. The molecular weight excluding hydrogens is 232 g/mol. The van der Waals surface area contributed by atoms with Crippen LogP contribution in [-0.2, 0) is 10.9 Å². The Morgan fingerprint density at radius 2 is 1.83 bits per heavy atom.